The van der Waals surface area contributed by atoms with Crippen molar-refractivity contribution in [2.75, 3.05) is 27.4 Å². The maximum absolute atomic E-state index is 13.0. The molecule has 0 saturated carbocycles. The third kappa shape index (κ3) is 10.4. The summed E-state index contributed by atoms with van der Waals surface area (Å²) in [6.07, 6.45) is -23.0. The topological polar surface area (TPSA) is 353 Å². The van der Waals surface area contributed by atoms with Crippen molar-refractivity contribution < 1.29 is 108 Å². The molecule has 7 rings (SSSR count). The molecule has 0 aromatic heterocycles. The van der Waals surface area contributed by atoms with Gasteiger partial charge in [0.2, 0.25) is 18.3 Å². The van der Waals surface area contributed by atoms with Gasteiger partial charge >= 0.3 is 5.97 Å². The number of carbonyl (C=O) groups excluding carboxylic acids is 1. The Bertz CT molecular complexity index is 2360. The molecule has 1 aliphatic carbocycles. The summed E-state index contributed by atoms with van der Waals surface area (Å²) in [5.74, 6) is -2.54. The summed E-state index contributed by atoms with van der Waals surface area (Å²) in [6.45, 7) is -0.0155. The number of aliphatic hydroxyl groups is 9. The molecule has 0 spiro atoms. The molecule has 11 N–H and O–H groups in total. The first kappa shape index (κ1) is 49.3. The molecule has 67 heavy (non-hydrogen) atoms. The number of hydrogen-bond acceptors (Lipinski definition) is 23. The van der Waals surface area contributed by atoms with Gasteiger partial charge in [0, 0.05) is 23.8 Å². The molecule has 4 aliphatic heterocycles. The summed E-state index contributed by atoms with van der Waals surface area (Å²) >= 11 is 0. The van der Waals surface area contributed by atoms with Crippen molar-refractivity contribution >= 4 is 12.0 Å². The summed E-state index contributed by atoms with van der Waals surface area (Å²) < 4.78 is 57.0. The fraction of sp³-hybridized carbons (Fsp3) is 0.455. The number of phenols is 2. The number of esters is 1. The third-order valence-electron chi connectivity index (χ3n) is 11.3. The van der Waals surface area contributed by atoms with Gasteiger partial charge in [0.25, 0.3) is 0 Å². The number of aromatic hydroxyl groups is 2. The molecule has 4 heterocycles. The van der Waals surface area contributed by atoms with E-state index in [2.05, 4.69) is 0 Å². The van der Waals surface area contributed by atoms with E-state index in [1.807, 2.05) is 0 Å². The summed E-state index contributed by atoms with van der Waals surface area (Å²) in [5, 5.41) is 116. The van der Waals surface area contributed by atoms with Gasteiger partial charge < -0.3 is 103 Å². The molecule has 0 amide bonds. The number of carbonyl (C=O) groups is 1. The molecule has 23 heteroatoms. The van der Waals surface area contributed by atoms with Crippen LogP contribution in [0.1, 0.15) is 12.5 Å². The zero-order chi connectivity index (χ0) is 48.4. The van der Waals surface area contributed by atoms with Crippen LogP contribution in [0.3, 0.4) is 0 Å². The minimum Gasteiger partial charge on any atom is -0.508 e. The molecule has 0 radical (unpaired) electrons. The first-order valence-electron chi connectivity index (χ1n) is 20.6. The van der Waals surface area contributed by atoms with E-state index >= 15 is 0 Å². The molecule has 2 aromatic rings. The zero-order valence-electron chi connectivity index (χ0n) is 35.7. The number of fused-ring (bicyclic) bond motifs is 1. The van der Waals surface area contributed by atoms with Gasteiger partial charge in [-0.05, 0) is 48.9 Å². The van der Waals surface area contributed by atoms with Gasteiger partial charge in [0.05, 0.1) is 39.1 Å². The van der Waals surface area contributed by atoms with Gasteiger partial charge in [-0.15, -0.1) is 0 Å². The normalized spacial score (nSPS) is 32.2. The van der Waals surface area contributed by atoms with Crippen LogP contribution >= 0.6 is 0 Å². The Labute approximate surface area is 379 Å². The lowest BCUT2D eigenvalue weighted by Gasteiger charge is -2.43. The summed E-state index contributed by atoms with van der Waals surface area (Å²) in [5.41, 5.74) is -0.108. The lowest BCUT2D eigenvalue weighted by Crippen LogP contribution is -2.62. The fourth-order valence-corrected chi connectivity index (χ4v) is 7.56. The van der Waals surface area contributed by atoms with Crippen molar-refractivity contribution in [3.05, 3.63) is 76.5 Å². The largest absolute Gasteiger partial charge is 0.508 e. The van der Waals surface area contributed by atoms with E-state index in [1.54, 1.807) is 12.1 Å². The van der Waals surface area contributed by atoms with E-state index in [9.17, 15) is 65.8 Å². The summed E-state index contributed by atoms with van der Waals surface area (Å²) in [6, 6.07) is 11.8. The van der Waals surface area contributed by atoms with E-state index in [0.717, 1.165) is 18.2 Å². The van der Waals surface area contributed by atoms with Crippen LogP contribution in [0.25, 0.3) is 28.7 Å². The molecule has 23 nitrogen and oxygen atoms in total. The van der Waals surface area contributed by atoms with E-state index in [1.165, 1.54) is 57.6 Å². The molecule has 2 aromatic carbocycles. The molecule has 3 fully saturated rings. The Kier molecular flexibility index (Phi) is 15.2. The van der Waals surface area contributed by atoms with Crippen molar-refractivity contribution in [3.8, 4) is 57.1 Å². The van der Waals surface area contributed by atoms with Crippen LogP contribution in [0.4, 0.5) is 0 Å². The fourth-order valence-electron chi connectivity index (χ4n) is 7.56. The van der Waals surface area contributed by atoms with Gasteiger partial charge in [0.15, 0.2) is 40.8 Å². The van der Waals surface area contributed by atoms with Crippen LogP contribution in [-0.2, 0) is 28.5 Å². The number of phenolic OH excluding ortho intramolecular Hbond substituents is 2. The van der Waals surface area contributed by atoms with Crippen molar-refractivity contribution in [2.45, 2.75) is 99.0 Å². The van der Waals surface area contributed by atoms with Gasteiger partial charge in [-0.3, -0.25) is 4.79 Å². The van der Waals surface area contributed by atoms with E-state index < -0.39 is 122 Å². The Morgan fingerprint density at radius 1 is 0.672 bits per heavy atom. The standard InChI is InChI=1S/C44H50O23/c1-17-40(67-30(48)9-6-18-4-7-20(46)8-5-18)36(54)39(57)42(61-17)60-16-29-33(51)35(53)38(56)44(66-29)64-27-14-22-23(62-41(27)19-10-25(58-2)31(49)26(11-19)59-3)12-21(47)13-24(22)63-43-37(55)34(52)32(50)28(15-45)65-43/h4-14,17,28-29,32-40,42-46,49-57H,15-16H2,1-3H3/b9-6+/t17-,28+,29+,32+,33+,34-,35-,36-,37+,38+,39+,40-,42+,43+,44+/m0/s1. The van der Waals surface area contributed by atoms with E-state index in [4.69, 9.17) is 47.0 Å². The van der Waals surface area contributed by atoms with Crippen molar-refractivity contribution in [2.24, 2.45) is 0 Å². The van der Waals surface area contributed by atoms with Crippen LogP contribution in [0.2, 0.25) is 0 Å². The molecule has 5 aliphatic rings. The maximum atomic E-state index is 13.0. The van der Waals surface area contributed by atoms with E-state index in [0.29, 0.717) is 5.56 Å². The second-order valence-corrected chi connectivity index (χ2v) is 15.8. The molecule has 15 atom stereocenters. The smallest absolute Gasteiger partial charge is 0.331 e. The van der Waals surface area contributed by atoms with Gasteiger partial charge in [0.1, 0.15) is 78.3 Å². The highest BCUT2D eigenvalue weighted by Gasteiger charge is 2.49. The number of hydrogen-bond donors (Lipinski definition) is 11. The first-order valence-corrected chi connectivity index (χ1v) is 20.6. The van der Waals surface area contributed by atoms with Crippen LogP contribution in [-0.4, -0.2) is 182 Å². The average molecular weight is 947 g/mol. The van der Waals surface area contributed by atoms with Crippen LogP contribution in [0.15, 0.2) is 69.9 Å². The van der Waals surface area contributed by atoms with Crippen LogP contribution < -0.4 is 24.4 Å². The summed E-state index contributed by atoms with van der Waals surface area (Å²) in [4.78, 5) is 25.6. The highest BCUT2D eigenvalue weighted by Crippen LogP contribution is 2.47. The Morgan fingerprint density at radius 2 is 1.25 bits per heavy atom. The molecular formula is C44H50O23. The average Bonchev–Trinajstić information content (AvgIpc) is 3.31. The number of rotatable bonds is 14. The molecular weight excluding hydrogens is 896 g/mol. The Hall–Kier alpha value is -5.64. The first-order chi connectivity index (χ1) is 31.9. The minimum absolute atomic E-state index is 0.0254. The zero-order valence-corrected chi connectivity index (χ0v) is 35.7. The predicted octanol–water partition coefficient (Wildman–Crippen LogP) is -1.69. The predicted molar refractivity (Wildman–Crippen MR) is 223 cm³/mol. The number of methoxy groups -OCH3 is 2. The molecule has 364 valence electrons. The molecule has 0 bridgehead atoms. The highest BCUT2D eigenvalue weighted by molar-refractivity contribution is 5.87. The van der Waals surface area contributed by atoms with Crippen molar-refractivity contribution in [1.82, 2.24) is 0 Å². The highest BCUT2D eigenvalue weighted by atomic mass is 16.7. The quantitative estimate of drug-likeness (QED) is 0.0496. The maximum Gasteiger partial charge on any atom is 0.331 e. The number of aliphatic hydroxyl groups excluding tert-OH is 9. The second-order valence-electron chi connectivity index (χ2n) is 15.8. The monoisotopic (exact) mass is 946 g/mol. The number of ether oxygens (including phenoxy) is 9. The minimum atomic E-state index is -2.00. The lowest BCUT2D eigenvalue weighted by molar-refractivity contribution is -0.319. The van der Waals surface area contributed by atoms with Crippen molar-refractivity contribution in [3.63, 3.8) is 0 Å². The summed E-state index contributed by atoms with van der Waals surface area (Å²) in [7, 11) is 2.51. The Balaban J connectivity index is 1.14. The van der Waals surface area contributed by atoms with Crippen LogP contribution in [0.5, 0.6) is 34.5 Å². The van der Waals surface area contributed by atoms with Gasteiger partial charge in [-0.25, -0.2) is 4.79 Å². The SMILES string of the molecule is COc1cc(-c2oc3cc(=O)cc(O[C@@H]4O[C@H](CO)[C@@H](O)[C@H](O)[C@H]4O)c-3cc2O[C@@H]2O[C@H](CO[C@@H]3O[C@@H](C)[C@H](OC(=O)/C=C/c4ccc(O)cc4)[C@@H](O)[C@H]3O)[C@@H](O)[C@H](O)[C@H]2O)cc(OC)c1O. The van der Waals surface area contributed by atoms with Crippen LogP contribution in [0, 0.1) is 0 Å². The third-order valence-corrected chi connectivity index (χ3v) is 11.3. The van der Waals surface area contributed by atoms with Gasteiger partial charge in [-0.1, -0.05) is 12.1 Å². The number of benzene rings is 3. The van der Waals surface area contributed by atoms with E-state index in [-0.39, 0.29) is 51.4 Å². The lowest BCUT2D eigenvalue weighted by atomic mass is 9.98. The van der Waals surface area contributed by atoms with Crippen molar-refractivity contribution in [1.29, 1.82) is 0 Å². The van der Waals surface area contributed by atoms with Gasteiger partial charge in [-0.2, -0.15) is 0 Å². The Morgan fingerprint density at radius 3 is 1.87 bits per heavy atom. The molecule has 3 saturated heterocycles. The molecule has 0 unspecified atom stereocenters. The second kappa shape index (κ2) is 20.7.